The summed E-state index contributed by atoms with van der Waals surface area (Å²) in [5.74, 6) is 0.770. The number of carbonyl (C=O) groups excluding carboxylic acids is 1. The zero-order valence-corrected chi connectivity index (χ0v) is 12.6. The fourth-order valence-corrected chi connectivity index (χ4v) is 2.23. The second-order valence-electron chi connectivity index (χ2n) is 5.33. The van der Waals surface area contributed by atoms with Gasteiger partial charge < -0.3 is 14.6 Å². The molecule has 1 N–H and O–H groups in total. The molecule has 1 atom stereocenters. The molecule has 1 amide bonds. The van der Waals surface area contributed by atoms with Crippen LogP contribution in [0.25, 0.3) is 0 Å². The Hall–Kier alpha value is -2.30. The van der Waals surface area contributed by atoms with Crippen molar-refractivity contribution in [3.8, 4) is 5.88 Å². The minimum atomic E-state index is -0.245. The van der Waals surface area contributed by atoms with Crippen molar-refractivity contribution < 1.29 is 9.53 Å². The average molecular weight is 287 g/mol. The largest absolute Gasteiger partial charge is 0.480 e. The number of pyridine rings is 1. The summed E-state index contributed by atoms with van der Waals surface area (Å²) < 4.78 is 7.09. The highest BCUT2D eigenvalue weighted by atomic mass is 16.5. The zero-order chi connectivity index (χ0) is 15.2. The number of hydrogen-bond donors (Lipinski definition) is 1. The Morgan fingerprint density at radius 1 is 1.33 bits per heavy atom. The van der Waals surface area contributed by atoms with Crippen LogP contribution < -0.4 is 10.1 Å². The van der Waals surface area contributed by atoms with Crippen LogP contribution in [0.3, 0.4) is 0 Å². The maximum Gasteiger partial charge on any atom is 0.247 e. The molecule has 5 nitrogen and oxygen atoms in total. The van der Waals surface area contributed by atoms with Crippen molar-refractivity contribution in [2.24, 2.45) is 5.92 Å². The summed E-state index contributed by atoms with van der Waals surface area (Å²) in [6.07, 6.45) is 6.22. The van der Waals surface area contributed by atoms with Crippen molar-refractivity contribution in [1.82, 2.24) is 9.55 Å². The van der Waals surface area contributed by atoms with Gasteiger partial charge >= 0.3 is 0 Å². The molecule has 2 rings (SSSR count). The van der Waals surface area contributed by atoms with Gasteiger partial charge in [0.2, 0.25) is 11.8 Å². The molecule has 2 aromatic rings. The molecule has 1 unspecified atom stereocenters. The maximum atomic E-state index is 12.6. The third-order valence-electron chi connectivity index (χ3n) is 3.21. The van der Waals surface area contributed by atoms with Gasteiger partial charge in [0.25, 0.3) is 0 Å². The molecule has 0 aromatic carbocycles. The average Bonchev–Trinajstić information content (AvgIpc) is 2.99. The molecule has 0 fully saturated rings. The molecule has 0 aliphatic rings. The van der Waals surface area contributed by atoms with Gasteiger partial charge in [-0.25, -0.2) is 4.98 Å². The van der Waals surface area contributed by atoms with Gasteiger partial charge in [0, 0.05) is 18.6 Å². The van der Waals surface area contributed by atoms with E-state index in [0.717, 1.165) is 6.42 Å². The van der Waals surface area contributed by atoms with Crippen LogP contribution in [0.1, 0.15) is 26.3 Å². The molecule has 2 aromatic heterocycles. The minimum Gasteiger partial charge on any atom is -0.480 e. The number of anilines is 1. The summed E-state index contributed by atoms with van der Waals surface area (Å²) in [7, 11) is 1.54. The van der Waals surface area contributed by atoms with E-state index in [2.05, 4.69) is 24.1 Å². The summed E-state index contributed by atoms with van der Waals surface area (Å²) in [4.78, 5) is 16.7. The Morgan fingerprint density at radius 2 is 2.05 bits per heavy atom. The van der Waals surface area contributed by atoms with Gasteiger partial charge in [-0.2, -0.15) is 0 Å². The topological polar surface area (TPSA) is 56.1 Å². The van der Waals surface area contributed by atoms with E-state index < -0.39 is 0 Å². The standard InChI is InChI=1S/C16H21N3O2/c1-12(2)11-14(19-9-4-5-10-19)15(20)18-13-7-6-8-17-16(13)21-3/h4-10,12,14H,11H2,1-3H3,(H,18,20). The minimum absolute atomic E-state index is 0.0637. The summed E-state index contributed by atoms with van der Waals surface area (Å²) in [6, 6.07) is 7.15. The van der Waals surface area contributed by atoms with Crippen LogP contribution in [0.5, 0.6) is 5.88 Å². The fraction of sp³-hybridized carbons (Fsp3) is 0.375. The van der Waals surface area contributed by atoms with E-state index in [0.29, 0.717) is 17.5 Å². The highest BCUT2D eigenvalue weighted by Crippen LogP contribution is 2.24. The number of aromatic nitrogens is 2. The van der Waals surface area contributed by atoms with Crippen molar-refractivity contribution in [2.75, 3.05) is 12.4 Å². The first-order valence-electron chi connectivity index (χ1n) is 7.04. The Morgan fingerprint density at radius 3 is 2.67 bits per heavy atom. The van der Waals surface area contributed by atoms with Crippen LogP contribution in [-0.4, -0.2) is 22.6 Å². The molecule has 0 aliphatic carbocycles. The molecular formula is C16H21N3O2. The molecule has 2 heterocycles. The summed E-state index contributed by atoms with van der Waals surface area (Å²) >= 11 is 0. The van der Waals surface area contributed by atoms with Gasteiger partial charge in [-0.1, -0.05) is 13.8 Å². The lowest BCUT2D eigenvalue weighted by atomic mass is 10.0. The highest BCUT2D eigenvalue weighted by Gasteiger charge is 2.22. The van der Waals surface area contributed by atoms with Crippen molar-refractivity contribution in [2.45, 2.75) is 26.3 Å². The van der Waals surface area contributed by atoms with Gasteiger partial charge in [-0.05, 0) is 36.6 Å². The molecule has 112 valence electrons. The van der Waals surface area contributed by atoms with Crippen LogP contribution in [0.2, 0.25) is 0 Å². The first-order valence-corrected chi connectivity index (χ1v) is 7.04. The van der Waals surface area contributed by atoms with E-state index in [4.69, 9.17) is 4.74 Å². The van der Waals surface area contributed by atoms with Gasteiger partial charge in [0.15, 0.2) is 0 Å². The SMILES string of the molecule is COc1ncccc1NC(=O)C(CC(C)C)n1cccc1. The molecule has 0 saturated heterocycles. The molecule has 0 aliphatic heterocycles. The van der Waals surface area contributed by atoms with Crippen LogP contribution in [0.4, 0.5) is 5.69 Å². The van der Waals surface area contributed by atoms with Crippen molar-refractivity contribution in [1.29, 1.82) is 0 Å². The van der Waals surface area contributed by atoms with E-state index >= 15 is 0 Å². The first-order chi connectivity index (χ1) is 10.1. The maximum absolute atomic E-state index is 12.6. The molecule has 0 bridgehead atoms. The Balaban J connectivity index is 2.19. The summed E-state index contributed by atoms with van der Waals surface area (Å²) in [5, 5.41) is 2.91. The number of rotatable bonds is 6. The Labute approximate surface area is 125 Å². The van der Waals surface area contributed by atoms with Crippen LogP contribution in [-0.2, 0) is 4.79 Å². The molecule has 0 saturated carbocycles. The van der Waals surface area contributed by atoms with Crippen molar-refractivity contribution >= 4 is 11.6 Å². The number of nitrogens with zero attached hydrogens (tertiary/aromatic N) is 2. The van der Waals surface area contributed by atoms with E-state index in [1.807, 2.05) is 29.1 Å². The zero-order valence-electron chi connectivity index (χ0n) is 12.6. The molecule has 5 heteroatoms. The smallest absolute Gasteiger partial charge is 0.247 e. The summed E-state index contributed by atoms with van der Waals surface area (Å²) in [5.41, 5.74) is 0.589. The monoisotopic (exact) mass is 287 g/mol. The van der Waals surface area contributed by atoms with Crippen LogP contribution in [0.15, 0.2) is 42.9 Å². The van der Waals surface area contributed by atoms with E-state index in [1.165, 1.54) is 7.11 Å². The molecular weight excluding hydrogens is 266 g/mol. The Kier molecular flexibility index (Phi) is 4.98. The lowest BCUT2D eigenvalue weighted by Crippen LogP contribution is -2.26. The number of ether oxygens (including phenoxy) is 1. The van der Waals surface area contributed by atoms with Crippen LogP contribution in [0, 0.1) is 5.92 Å². The molecule has 0 spiro atoms. The van der Waals surface area contributed by atoms with Gasteiger partial charge in [0.05, 0.1) is 7.11 Å². The quantitative estimate of drug-likeness (QED) is 0.888. The number of nitrogens with one attached hydrogen (secondary N) is 1. The van der Waals surface area contributed by atoms with Crippen molar-refractivity contribution in [3.05, 3.63) is 42.9 Å². The lowest BCUT2D eigenvalue weighted by Gasteiger charge is -2.20. The highest BCUT2D eigenvalue weighted by molar-refractivity contribution is 5.94. The number of methoxy groups -OCH3 is 1. The third-order valence-corrected chi connectivity index (χ3v) is 3.21. The van der Waals surface area contributed by atoms with Gasteiger partial charge in [-0.3, -0.25) is 4.79 Å². The van der Waals surface area contributed by atoms with E-state index in [9.17, 15) is 4.79 Å². The second kappa shape index (κ2) is 6.92. The third kappa shape index (κ3) is 3.84. The first kappa shape index (κ1) is 15.1. The summed E-state index contributed by atoms with van der Waals surface area (Å²) in [6.45, 7) is 4.21. The van der Waals surface area contributed by atoms with Crippen LogP contribution >= 0.6 is 0 Å². The van der Waals surface area contributed by atoms with Gasteiger partial charge in [-0.15, -0.1) is 0 Å². The molecule has 0 radical (unpaired) electrons. The molecule has 21 heavy (non-hydrogen) atoms. The van der Waals surface area contributed by atoms with E-state index in [1.54, 1.807) is 18.3 Å². The van der Waals surface area contributed by atoms with E-state index in [-0.39, 0.29) is 11.9 Å². The normalized spacial score (nSPS) is 12.2. The lowest BCUT2D eigenvalue weighted by molar-refractivity contribution is -0.119. The number of hydrogen-bond acceptors (Lipinski definition) is 3. The number of amides is 1. The number of carbonyl (C=O) groups is 1. The Bertz CT molecular complexity index is 579. The fourth-order valence-electron chi connectivity index (χ4n) is 2.23. The predicted molar refractivity (Wildman–Crippen MR) is 82.3 cm³/mol. The second-order valence-corrected chi connectivity index (χ2v) is 5.33. The van der Waals surface area contributed by atoms with Gasteiger partial charge in [0.1, 0.15) is 11.7 Å². The van der Waals surface area contributed by atoms with Crippen molar-refractivity contribution in [3.63, 3.8) is 0 Å². The predicted octanol–water partition coefficient (Wildman–Crippen LogP) is 3.12.